The third-order valence-corrected chi connectivity index (χ3v) is 4.46. The Labute approximate surface area is 88.9 Å². The molecular weight excluding hydrogens is 200 g/mol. The summed E-state index contributed by atoms with van der Waals surface area (Å²) in [6.45, 7) is 2.17. The summed E-state index contributed by atoms with van der Waals surface area (Å²) in [7, 11) is 0. The van der Waals surface area contributed by atoms with Gasteiger partial charge in [-0.05, 0) is 31.9 Å². The summed E-state index contributed by atoms with van der Waals surface area (Å²) in [4.78, 5) is 2.90. The molecule has 1 fully saturated rings. The highest BCUT2D eigenvalue weighted by Crippen LogP contribution is 2.39. The zero-order chi connectivity index (χ0) is 9.26. The molecule has 0 amide bonds. The lowest BCUT2D eigenvalue weighted by molar-refractivity contribution is 0.455. The van der Waals surface area contributed by atoms with Crippen molar-refractivity contribution >= 4 is 22.9 Å². The van der Waals surface area contributed by atoms with Gasteiger partial charge in [0, 0.05) is 21.0 Å². The van der Waals surface area contributed by atoms with Gasteiger partial charge < -0.3 is 0 Å². The van der Waals surface area contributed by atoms with Gasteiger partial charge in [-0.3, -0.25) is 0 Å². The molecule has 0 spiro atoms. The minimum atomic E-state index is 0.381. The largest absolute Gasteiger partial charge is 0.145 e. The Morgan fingerprint density at radius 1 is 1.31 bits per heavy atom. The Balaban J connectivity index is 2.14. The normalized spacial score (nSPS) is 29.1. The third kappa shape index (κ3) is 2.08. The molecule has 1 aromatic rings. The molecule has 1 aliphatic rings. The lowest BCUT2D eigenvalue weighted by Gasteiger charge is -2.25. The lowest BCUT2D eigenvalue weighted by atomic mass is 9.88. The van der Waals surface area contributed by atoms with Gasteiger partial charge in [-0.15, -0.1) is 22.9 Å². The first-order chi connectivity index (χ1) is 6.27. The minimum Gasteiger partial charge on any atom is -0.145 e. The zero-order valence-corrected chi connectivity index (χ0v) is 9.50. The zero-order valence-electron chi connectivity index (χ0n) is 7.92. The van der Waals surface area contributed by atoms with E-state index < -0.39 is 0 Å². The quantitative estimate of drug-likeness (QED) is 0.611. The van der Waals surface area contributed by atoms with Gasteiger partial charge in [0.2, 0.25) is 0 Å². The van der Waals surface area contributed by atoms with Crippen LogP contribution in [-0.2, 0) is 0 Å². The summed E-state index contributed by atoms with van der Waals surface area (Å²) in [5, 5.41) is 0.381. The molecule has 2 atom stereocenters. The van der Waals surface area contributed by atoms with Gasteiger partial charge in [0.1, 0.15) is 0 Å². The molecule has 0 aliphatic heterocycles. The fourth-order valence-corrected chi connectivity index (χ4v) is 3.63. The molecule has 2 heteroatoms. The molecule has 13 heavy (non-hydrogen) atoms. The van der Waals surface area contributed by atoms with Crippen LogP contribution < -0.4 is 0 Å². The highest BCUT2D eigenvalue weighted by atomic mass is 35.5. The van der Waals surface area contributed by atoms with E-state index >= 15 is 0 Å². The van der Waals surface area contributed by atoms with Crippen molar-refractivity contribution in [2.45, 2.75) is 43.9 Å². The molecule has 0 N–H and O–H groups in total. The van der Waals surface area contributed by atoms with Gasteiger partial charge >= 0.3 is 0 Å². The number of rotatable bonds is 1. The van der Waals surface area contributed by atoms with Crippen molar-refractivity contribution < 1.29 is 0 Å². The molecule has 1 heterocycles. The lowest BCUT2D eigenvalue weighted by Crippen LogP contribution is -2.16. The third-order valence-electron chi connectivity index (χ3n) is 2.81. The average molecular weight is 215 g/mol. The standard InChI is InChI=1S/C11H15ClS/c1-8-6-7-11(13-8)9-4-2-3-5-10(9)12/h6-7,9-10H,2-5H2,1H3. The van der Waals surface area contributed by atoms with Crippen molar-refractivity contribution in [3.8, 4) is 0 Å². The van der Waals surface area contributed by atoms with E-state index in [0.29, 0.717) is 11.3 Å². The van der Waals surface area contributed by atoms with Gasteiger partial charge in [-0.25, -0.2) is 0 Å². The van der Waals surface area contributed by atoms with Gasteiger partial charge in [0.15, 0.2) is 0 Å². The van der Waals surface area contributed by atoms with E-state index in [0.717, 1.165) is 0 Å². The summed E-state index contributed by atoms with van der Waals surface area (Å²) in [6, 6.07) is 4.46. The van der Waals surface area contributed by atoms with Crippen LogP contribution in [0.4, 0.5) is 0 Å². The molecule has 0 bridgehead atoms. The molecule has 1 aromatic heterocycles. The van der Waals surface area contributed by atoms with Gasteiger partial charge in [-0.2, -0.15) is 0 Å². The second kappa shape index (κ2) is 4.02. The van der Waals surface area contributed by atoms with Crippen molar-refractivity contribution in [2.24, 2.45) is 0 Å². The SMILES string of the molecule is Cc1ccc(C2CCCCC2Cl)s1. The predicted molar refractivity (Wildman–Crippen MR) is 59.9 cm³/mol. The highest BCUT2D eigenvalue weighted by molar-refractivity contribution is 7.12. The van der Waals surface area contributed by atoms with Crippen LogP contribution >= 0.6 is 22.9 Å². The van der Waals surface area contributed by atoms with Crippen molar-refractivity contribution in [1.29, 1.82) is 0 Å². The Morgan fingerprint density at radius 3 is 2.69 bits per heavy atom. The fraction of sp³-hybridized carbons (Fsp3) is 0.636. The second-order valence-electron chi connectivity index (χ2n) is 3.86. The maximum absolute atomic E-state index is 6.33. The number of thiophene rings is 1. The first kappa shape index (κ1) is 9.54. The van der Waals surface area contributed by atoms with Gasteiger partial charge in [-0.1, -0.05) is 12.8 Å². The number of hydrogen-bond acceptors (Lipinski definition) is 1. The molecule has 0 nitrogen and oxygen atoms in total. The Hall–Kier alpha value is -0.0100. The first-order valence-electron chi connectivity index (χ1n) is 4.98. The molecular formula is C11H15ClS. The summed E-state index contributed by atoms with van der Waals surface area (Å²) < 4.78 is 0. The molecule has 0 aromatic carbocycles. The van der Waals surface area contributed by atoms with Crippen LogP contribution in [0.2, 0.25) is 0 Å². The molecule has 1 aliphatic carbocycles. The van der Waals surface area contributed by atoms with Crippen LogP contribution in [0.15, 0.2) is 12.1 Å². The summed E-state index contributed by atoms with van der Waals surface area (Å²) in [6.07, 6.45) is 5.15. The topological polar surface area (TPSA) is 0 Å². The first-order valence-corrected chi connectivity index (χ1v) is 6.23. The minimum absolute atomic E-state index is 0.381. The van der Waals surface area contributed by atoms with Crippen LogP contribution in [0.3, 0.4) is 0 Å². The van der Waals surface area contributed by atoms with Gasteiger partial charge in [0.05, 0.1) is 0 Å². The molecule has 2 rings (SSSR count). The van der Waals surface area contributed by atoms with E-state index in [1.807, 2.05) is 11.3 Å². The fourth-order valence-electron chi connectivity index (χ4n) is 2.06. The van der Waals surface area contributed by atoms with E-state index in [-0.39, 0.29) is 0 Å². The summed E-state index contributed by atoms with van der Waals surface area (Å²) in [5.41, 5.74) is 0. The number of halogens is 1. The molecule has 72 valence electrons. The van der Waals surface area contributed by atoms with Crippen LogP contribution in [0.25, 0.3) is 0 Å². The summed E-state index contributed by atoms with van der Waals surface area (Å²) in [5.74, 6) is 0.633. The molecule has 0 saturated heterocycles. The van der Waals surface area contributed by atoms with E-state index in [2.05, 4.69) is 19.1 Å². The van der Waals surface area contributed by atoms with E-state index in [1.54, 1.807) is 0 Å². The van der Waals surface area contributed by atoms with Crippen LogP contribution in [0.5, 0.6) is 0 Å². The van der Waals surface area contributed by atoms with E-state index in [1.165, 1.54) is 35.4 Å². The molecule has 2 unspecified atom stereocenters. The van der Waals surface area contributed by atoms with E-state index in [9.17, 15) is 0 Å². The average Bonchev–Trinajstić information content (AvgIpc) is 2.53. The Bertz CT molecular complexity index is 279. The molecule has 1 saturated carbocycles. The van der Waals surface area contributed by atoms with Crippen molar-refractivity contribution in [1.82, 2.24) is 0 Å². The van der Waals surface area contributed by atoms with Crippen LogP contribution in [0, 0.1) is 6.92 Å². The predicted octanol–water partition coefficient (Wildman–Crippen LogP) is 4.32. The maximum atomic E-state index is 6.33. The number of hydrogen-bond donors (Lipinski definition) is 0. The Kier molecular flexibility index (Phi) is 2.95. The number of alkyl halides is 1. The summed E-state index contributed by atoms with van der Waals surface area (Å²) >= 11 is 8.25. The van der Waals surface area contributed by atoms with Crippen LogP contribution in [-0.4, -0.2) is 5.38 Å². The van der Waals surface area contributed by atoms with E-state index in [4.69, 9.17) is 11.6 Å². The second-order valence-corrected chi connectivity index (χ2v) is 5.74. The monoisotopic (exact) mass is 214 g/mol. The van der Waals surface area contributed by atoms with Crippen LogP contribution in [0.1, 0.15) is 41.4 Å². The van der Waals surface area contributed by atoms with Crippen molar-refractivity contribution in [2.75, 3.05) is 0 Å². The Morgan fingerprint density at radius 2 is 2.08 bits per heavy atom. The maximum Gasteiger partial charge on any atom is 0.0412 e. The molecule has 0 radical (unpaired) electrons. The van der Waals surface area contributed by atoms with Crippen molar-refractivity contribution in [3.63, 3.8) is 0 Å². The smallest absolute Gasteiger partial charge is 0.0412 e. The highest BCUT2D eigenvalue weighted by Gasteiger charge is 2.25. The van der Waals surface area contributed by atoms with Gasteiger partial charge in [0.25, 0.3) is 0 Å². The number of aryl methyl sites for hydroxylation is 1. The van der Waals surface area contributed by atoms with Crippen molar-refractivity contribution in [3.05, 3.63) is 21.9 Å².